The molecule has 1 aromatic rings. The van der Waals surface area contributed by atoms with Crippen LogP contribution in [0.2, 0.25) is 0 Å². The lowest BCUT2D eigenvalue weighted by Gasteiger charge is -2.30. The predicted molar refractivity (Wildman–Crippen MR) is 81.6 cm³/mol. The predicted octanol–water partition coefficient (Wildman–Crippen LogP) is 1.67. The second kappa shape index (κ2) is 7.83. The highest BCUT2D eigenvalue weighted by molar-refractivity contribution is 5.74. The third-order valence-electron chi connectivity index (χ3n) is 3.96. The fraction of sp³-hybridized carbons (Fsp3) is 0.600. The molecule has 1 atom stereocenters. The Morgan fingerprint density at radius 2 is 2.29 bits per heavy atom. The molecule has 0 saturated carbocycles. The number of carbonyl (C=O) groups excluding carboxylic acids is 1. The van der Waals surface area contributed by atoms with Crippen LogP contribution < -0.4 is 16.4 Å². The van der Waals surface area contributed by atoms with Gasteiger partial charge in [0.2, 0.25) is 0 Å². The Morgan fingerprint density at radius 1 is 1.52 bits per heavy atom. The molecule has 1 unspecified atom stereocenters. The van der Waals surface area contributed by atoms with E-state index in [1.165, 1.54) is 0 Å². The normalized spacial score (nSPS) is 17.2. The molecule has 21 heavy (non-hydrogen) atoms. The molecule has 0 bridgehead atoms. The van der Waals surface area contributed by atoms with Gasteiger partial charge >= 0.3 is 6.03 Å². The van der Waals surface area contributed by atoms with Gasteiger partial charge < -0.3 is 21.1 Å². The second-order valence-electron chi connectivity index (χ2n) is 5.34. The molecule has 2 amide bonds. The van der Waals surface area contributed by atoms with E-state index in [2.05, 4.69) is 22.5 Å². The Hall–Kier alpha value is -1.82. The van der Waals surface area contributed by atoms with Crippen molar-refractivity contribution in [1.82, 2.24) is 15.6 Å². The Kier molecular flexibility index (Phi) is 5.80. The standard InChI is InChI=1S/C15H24N4O2/c1-2-13(11-5-8-21-9-6-11)19-15(20)18-10-12-4-3-7-17-14(12)16/h3-4,7,11,13H,2,5-6,8-10H2,1H3,(H2,16,17)(H2,18,19,20). The van der Waals surface area contributed by atoms with E-state index in [4.69, 9.17) is 10.5 Å². The lowest BCUT2D eigenvalue weighted by atomic mass is 9.90. The van der Waals surface area contributed by atoms with Crippen LogP contribution in [0.5, 0.6) is 0 Å². The first-order valence-electron chi connectivity index (χ1n) is 7.52. The number of carbonyl (C=O) groups is 1. The van der Waals surface area contributed by atoms with Crippen molar-refractivity contribution in [1.29, 1.82) is 0 Å². The van der Waals surface area contributed by atoms with Gasteiger partial charge in [0.1, 0.15) is 5.82 Å². The number of hydrogen-bond donors (Lipinski definition) is 3. The molecule has 6 heteroatoms. The van der Waals surface area contributed by atoms with Gasteiger partial charge in [0.25, 0.3) is 0 Å². The number of pyridine rings is 1. The van der Waals surface area contributed by atoms with E-state index in [0.29, 0.717) is 18.3 Å². The van der Waals surface area contributed by atoms with Crippen LogP contribution in [0.3, 0.4) is 0 Å². The van der Waals surface area contributed by atoms with E-state index < -0.39 is 0 Å². The van der Waals surface area contributed by atoms with E-state index in [-0.39, 0.29) is 12.1 Å². The summed E-state index contributed by atoms with van der Waals surface area (Å²) in [7, 11) is 0. The average molecular weight is 292 g/mol. The Balaban J connectivity index is 1.81. The summed E-state index contributed by atoms with van der Waals surface area (Å²) in [5.41, 5.74) is 6.58. The first-order valence-corrected chi connectivity index (χ1v) is 7.52. The molecule has 0 aromatic carbocycles. The zero-order chi connectivity index (χ0) is 15.1. The molecule has 2 heterocycles. The van der Waals surface area contributed by atoms with Crippen LogP contribution in [0.25, 0.3) is 0 Å². The Morgan fingerprint density at radius 3 is 2.95 bits per heavy atom. The third kappa shape index (κ3) is 4.60. The van der Waals surface area contributed by atoms with Crippen LogP contribution in [-0.2, 0) is 11.3 Å². The topological polar surface area (TPSA) is 89.3 Å². The van der Waals surface area contributed by atoms with E-state index in [1.807, 2.05) is 12.1 Å². The van der Waals surface area contributed by atoms with E-state index in [9.17, 15) is 4.79 Å². The van der Waals surface area contributed by atoms with Crippen LogP contribution in [-0.4, -0.2) is 30.3 Å². The van der Waals surface area contributed by atoms with Gasteiger partial charge in [-0.3, -0.25) is 0 Å². The largest absolute Gasteiger partial charge is 0.383 e. The van der Waals surface area contributed by atoms with Crippen LogP contribution in [0, 0.1) is 5.92 Å². The zero-order valence-electron chi connectivity index (χ0n) is 12.5. The summed E-state index contributed by atoms with van der Waals surface area (Å²) >= 11 is 0. The van der Waals surface area contributed by atoms with E-state index in [1.54, 1.807) is 6.20 Å². The lowest BCUT2D eigenvalue weighted by molar-refractivity contribution is 0.0544. The molecule has 6 nitrogen and oxygen atoms in total. The molecule has 1 fully saturated rings. The SMILES string of the molecule is CCC(NC(=O)NCc1cccnc1N)C1CCOCC1. The maximum atomic E-state index is 12.0. The molecule has 1 aliphatic rings. The maximum absolute atomic E-state index is 12.0. The number of nitrogen functional groups attached to an aromatic ring is 1. The third-order valence-corrected chi connectivity index (χ3v) is 3.96. The van der Waals surface area contributed by atoms with Gasteiger partial charge in [-0.1, -0.05) is 13.0 Å². The van der Waals surface area contributed by atoms with Crippen molar-refractivity contribution in [3.63, 3.8) is 0 Å². The minimum absolute atomic E-state index is 0.156. The van der Waals surface area contributed by atoms with Gasteiger partial charge in [-0.25, -0.2) is 9.78 Å². The number of amides is 2. The number of nitrogens with one attached hydrogen (secondary N) is 2. The van der Waals surface area contributed by atoms with Crippen LogP contribution >= 0.6 is 0 Å². The van der Waals surface area contributed by atoms with Crippen molar-refractivity contribution in [3.8, 4) is 0 Å². The molecule has 2 rings (SSSR count). The number of hydrogen-bond acceptors (Lipinski definition) is 4. The quantitative estimate of drug-likeness (QED) is 0.770. The number of rotatable bonds is 5. The number of nitrogens with two attached hydrogens (primary N) is 1. The summed E-state index contributed by atoms with van der Waals surface area (Å²) in [4.78, 5) is 16.0. The summed E-state index contributed by atoms with van der Waals surface area (Å²) in [5.74, 6) is 0.951. The zero-order valence-corrected chi connectivity index (χ0v) is 12.5. The Bertz CT molecular complexity index is 461. The van der Waals surface area contributed by atoms with Gasteiger partial charge in [0, 0.05) is 37.6 Å². The molecule has 1 aliphatic heterocycles. The molecule has 0 aliphatic carbocycles. The fourth-order valence-corrected chi connectivity index (χ4v) is 2.67. The number of anilines is 1. The monoisotopic (exact) mass is 292 g/mol. The van der Waals surface area contributed by atoms with E-state index >= 15 is 0 Å². The van der Waals surface area contributed by atoms with Gasteiger partial charge in [-0.05, 0) is 31.2 Å². The molecule has 1 saturated heterocycles. The second-order valence-corrected chi connectivity index (χ2v) is 5.34. The van der Waals surface area contributed by atoms with Crippen LogP contribution in [0.15, 0.2) is 18.3 Å². The lowest BCUT2D eigenvalue weighted by Crippen LogP contribution is -2.46. The number of aromatic nitrogens is 1. The van der Waals surface area contributed by atoms with Gasteiger partial charge in [0.05, 0.1) is 0 Å². The maximum Gasteiger partial charge on any atom is 0.315 e. The molecule has 0 spiro atoms. The van der Waals surface area contributed by atoms with Gasteiger partial charge in [-0.2, -0.15) is 0 Å². The molecule has 4 N–H and O–H groups in total. The Labute approximate surface area is 125 Å². The average Bonchev–Trinajstić information content (AvgIpc) is 2.52. The summed E-state index contributed by atoms with van der Waals surface area (Å²) in [6, 6.07) is 3.71. The fourth-order valence-electron chi connectivity index (χ4n) is 2.67. The van der Waals surface area contributed by atoms with Gasteiger partial charge in [0.15, 0.2) is 0 Å². The highest BCUT2D eigenvalue weighted by Gasteiger charge is 2.23. The smallest absolute Gasteiger partial charge is 0.315 e. The van der Waals surface area contributed by atoms with Crippen molar-refractivity contribution in [2.24, 2.45) is 5.92 Å². The van der Waals surface area contributed by atoms with Gasteiger partial charge in [-0.15, -0.1) is 0 Å². The van der Waals surface area contributed by atoms with Crippen LogP contribution in [0.1, 0.15) is 31.7 Å². The van der Waals surface area contributed by atoms with Crippen molar-refractivity contribution in [2.45, 2.75) is 38.8 Å². The molecule has 0 radical (unpaired) electrons. The van der Waals surface area contributed by atoms with Crippen molar-refractivity contribution < 1.29 is 9.53 Å². The molecule has 1 aromatic heterocycles. The van der Waals surface area contributed by atoms with Crippen LogP contribution in [0.4, 0.5) is 10.6 Å². The minimum Gasteiger partial charge on any atom is -0.383 e. The number of nitrogens with zero attached hydrogens (tertiary/aromatic N) is 1. The first-order chi connectivity index (χ1) is 10.2. The molecular weight excluding hydrogens is 268 g/mol. The molecule has 116 valence electrons. The summed E-state index contributed by atoms with van der Waals surface area (Å²) < 4.78 is 5.37. The highest BCUT2D eigenvalue weighted by atomic mass is 16.5. The summed E-state index contributed by atoms with van der Waals surface area (Å²) in [6.45, 7) is 4.06. The van der Waals surface area contributed by atoms with Crippen molar-refractivity contribution in [2.75, 3.05) is 18.9 Å². The number of ether oxygens (including phenoxy) is 1. The summed E-state index contributed by atoms with van der Waals surface area (Å²) in [6.07, 6.45) is 4.58. The minimum atomic E-state index is -0.156. The van der Waals surface area contributed by atoms with Crippen molar-refractivity contribution >= 4 is 11.8 Å². The molecular formula is C15H24N4O2. The van der Waals surface area contributed by atoms with E-state index in [0.717, 1.165) is 38.0 Å². The summed E-state index contributed by atoms with van der Waals surface area (Å²) in [5, 5.41) is 5.90. The number of urea groups is 1. The highest BCUT2D eigenvalue weighted by Crippen LogP contribution is 2.20. The van der Waals surface area contributed by atoms with Crippen molar-refractivity contribution in [3.05, 3.63) is 23.9 Å². The first kappa shape index (κ1) is 15.6.